The van der Waals surface area contributed by atoms with Crippen LogP contribution in [0.2, 0.25) is 0 Å². The minimum absolute atomic E-state index is 0.138. The van der Waals surface area contributed by atoms with E-state index in [2.05, 4.69) is 20.9 Å². The number of hydrogen-bond donors (Lipinski definition) is 2. The summed E-state index contributed by atoms with van der Waals surface area (Å²) in [6.45, 7) is 4.63. The van der Waals surface area contributed by atoms with E-state index in [4.69, 9.17) is 0 Å². The minimum atomic E-state index is -5.71. The summed E-state index contributed by atoms with van der Waals surface area (Å²) >= 11 is 2.83. The zero-order valence-electron chi connectivity index (χ0n) is 14.1. The van der Waals surface area contributed by atoms with Crippen LogP contribution in [-0.2, 0) is 16.5 Å². The van der Waals surface area contributed by atoms with Gasteiger partial charge in [0.15, 0.2) is 0 Å². The van der Waals surface area contributed by atoms with Gasteiger partial charge in [0, 0.05) is 0 Å². The lowest BCUT2D eigenvalue weighted by Gasteiger charge is -2.41. The molecule has 3 atom stereocenters. The standard InChI is InChI=1S/C14H17BrF6N2O2S/c1-11(2,3)26(25)23-12(4,9-7(16)5-6-8(15)22-9)13(17,18)10(24)14(19,20)21/h5-6,10,23-24H,1-4H3/t10-,12+,26+/m0/s1. The van der Waals surface area contributed by atoms with Crippen LogP contribution in [0, 0.1) is 5.82 Å². The van der Waals surface area contributed by atoms with Gasteiger partial charge >= 0.3 is 12.1 Å². The summed E-state index contributed by atoms with van der Waals surface area (Å²) < 4.78 is 94.8. The zero-order valence-corrected chi connectivity index (χ0v) is 16.5. The number of hydrogen-bond acceptors (Lipinski definition) is 3. The highest BCUT2D eigenvalue weighted by molar-refractivity contribution is 9.10. The normalized spacial score (nSPS) is 18.3. The molecule has 1 heterocycles. The van der Waals surface area contributed by atoms with Gasteiger partial charge in [-0.1, -0.05) is 0 Å². The van der Waals surface area contributed by atoms with E-state index in [0.717, 1.165) is 6.07 Å². The van der Waals surface area contributed by atoms with Crippen molar-refractivity contribution in [3.63, 3.8) is 0 Å². The van der Waals surface area contributed by atoms with E-state index in [-0.39, 0.29) is 4.60 Å². The second kappa shape index (κ2) is 7.36. The third-order valence-corrected chi connectivity index (χ3v) is 5.61. The first kappa shape index (κ1) is 23.3. The monoisotopic (exact) mass is 470 g/mol. The highest BCUT2D eigenvalue weighted by atomic mass is 79.9. The number of nitrogens with one attached hydrogen (secondary N) is 1. The molecule has 0 spiro atoms. The summed E-state index contributed by atoms with van der Waals surface area (Å²) in [5.74, 6) is -6.37. The van der Waals surface area contributed by atoms with E-state index in [9.17, 15) is 35.7 Å². The first-order valence-corrected chi connectivity index (χ1v) is 9.03. The fraction of sp³-hybridized carbons (Fsp3) is 0.643. The molecule has 0 aliphatic rings. The Hall–Kier alpha value is -0.720. The first-order chi connectivity index (χ1) is 11.4. The molecule has 1 aromatic heterocycles. The van der Waals surface area contributed by atoms with E-state index in [1.165, 1.54) is 20.8 Å². The van der Waals surface area contributed by atoms with Gasteiger partial charge in [0.2, 0.25) is 6.10 Å². The van der Waals surface area contributed by atoms with Crippen LogP contribution in [0.3, 0.4) is 0 Å². The Morgan fingerprint density at radius 2 is 1.65 bits per heavy atom. The summed E-state index contributed by atoms with van der Waals surface area (Å²) in [5.41, 5.74) is -4.37. The van der Waals surface area contributed by atoms with Crippen LogP contribution in [0.4, 0.5) is 26.3 Å². The molecular formula is C14H17BrF6N2O2S. The van der Waals surface area contributed by atoms with Gasteiger partial charge in [-0.15, -0.1) is 0 Å². The van der Waals surface area contributed by atoms with Crippen molar-refractivity contribution in [3.05, 3.63) is 28.2 Å². The van der Waals surface area contributed by atoms with Gasteiger partial charge in [-0.2, -0.15) is 13.2 Å². The number of alkyl halides is 5. The number of pyridine rings is 1. The molecule has 0 fully saturated rings. The quantitative estimate of drug-likeness (QED) is 0.508. The van der Waals surface area contributed by atoms with Crippen LogP contribution in [0.5, 0.6) is 0 Å². The predicted molar refractivity (Wildman–Crippen MR) is 87.3 cm³/mol. The third-order valence-electron chi connectivity index (χ3n) is 3.46. The molecule has 150 valence electrons. The fourth-order valence-corrected chi connectivity index (χ4v) is 3.08. The zero-order chi connectivity index (χ0) is 20.7. The molecule has 2 N–H and O–H groups in total. The molecule has 0 amide bonds. The highest BCUT2D eigenvalue weighted by Crippen LogP contribution is 2.45. The Kier molecular flexibility index (Phi) is 6.60. The number of aliphatic hydroxyl groups is 1. The molecule has 0 aliphatic heterocycles. The van der Waals surface area contributed by atoms with Crippen molar-refractivity contribution >= 4 is 26.9 Å². The van der Waals surface area contributed by atoms with Crippen LogP contribution < -0.4 is 4.72 Å². The Bertz CT molecular complexity index is 695. The lowest BCUT2D eigenvalue weighted by Crippen LogP contribution is -2.64. The smallest absolute Gasteiger partial charge is 0.379 e. The molecule has 0 saturated carbocycles. The van der Waals surface area contributed by atoms with Crippen molar-refractivity contribution in [2.24, 2.45) is 0 Å². The second-order valence-corrected chi connectivity index (χ2v) is 9.42. The van der Waals surface area contributed by atoms with E-state index >= 15 is 0 Å². The topological polar surface area (TPSA) is 62.2 Å². The van der Waals surface area contributed by atoms with Crippen molar-refractivity contribution in [1.82, 2.24) is 9.71 Å². The molecule has 0 unspecified atom stereocenters. The fourth-order valence-electron chi connectivity index (χ4n) is 1.86. The van der Waals surface area contributed by atoms with Gasteiger partial charge in [0.1, 0.15) is 21.7 Å². The molecule has 1 aromatic rings. The van der Waals surface area contributed by atoms with Crippen LogP contribution in [0.15, 0.2) is 16.7 Å². The number of aromatic nitrogens is 1. The molecule has 0 saturated heterocycles. The molecule has 0 aromatic carbocycles. The van der Waals surface area contributed by atoms with Gasteiger partial charge in [0.25, 0.3) is 0 Å². The molecule has 26 heavy (non-hydrogen) atoms. The van der Waals surface area contributed by atoms with Crippen molar-refractivity contribution < 1.29 is 35.7 Å². The Balaban J connectivity index is 3.67. The van der Waals surface area contributed by atoms with E-state index in [1.54, 1.807) is 0 Å². The Morgan fingerprint density at radius 3 is 2.08 bits per heavy atom. The Morgan fingerprint density at radius 1 is 1.15 bits per heavy atom. The SMILES string of the molecule is CC(C)(C)[S@@](=O)N[C@](C)(c1nc(Br)ccc1F)C(F)(F)[C@H](O)C(F)(F)F. The van der Waals surface area contributed by atoms with Gasteiger partial charge in [-0.3, -0.25) is 0 Å². The maximum atomic E-state index is 14.7. The van der Waals surface area contributed by atoms with Gasteiger partial charge in [-0.25, -0.2) is 27.1 Å². The van der Waals surface area contributed by atoms with E-state index < -0.39 is 51.0 Å². The molecule has 0 radical (unpaired) electrons. The number of aliphatic hydroxyl groups excluding tert-OH is 1. The summed E-state index contributed by atoms with van der Waals surface area (Å²) in [4.78, 5) is 3.50. The minimum Gasteiger partial charge on any atom is -0.379 e. The highest BCUT2D eigenvalue weighted by Gasteiger charge is 2.66. The van der Waals surface area contributed by atoms with Crippen molar-refractivity contribution in [2.75, 3.05) is 0 Å². The van der Waals surface area contributed by atoms with Gasteiger partial charge in [-0.05, 0) is 55.8 Å². The van der Waals surface area contributed by atoms with Crippen LogP contribution >= 0.6 is 15.9 Å². The largest absolute Gasteiger partial charge is 0.420 e. The van der Waals surface area contributed by atoms with E-state index in [0.29, 0.717) is 13.0 Å². The Labute approximate surface area is 157 Å². The van der Waals surface area contributed by atoms with Crippen LogP contribution in [-0.4, -0.2) is 37.2 Å². The predicted octanol–water partition coefficient (Wildman–Crippen LogP) is 3.81. The lowest BCUT2D eigenvalue weighted by atomic mass is 9.86. The average Bonchev–Trinajstić information content (AvgIpc) is 2.46. The lowest BCUT2D eigenvalue weighted by molar-refractivity contribution is -0.288. The van der Waals surface area contributed by atoms with Crippen LogP contribution in [0.1, 0.15) is 33.4 Å². The summed E-state index contributed by atoms with van der Waals surface area (Å²) in [6.07, 6.45) is -9.86. The number of rotatable bonds is 5. The molecular weight excluding hydrogens is 454 g/mol. The molecule has 0 aliphatic carbocycles. The maximum Gasteiger partial charge on any atom is 0.420 e. The molecule has 0 bridgehead atoms. The summed E-state index contributed by atoms with van der Waals surface area (Å²) in [6, 6.07) is 1.76. The number of nitrogens with zero attached hydrogens (tertiary/aromatic N) is 1. The van der Waals surface area contributed by atoms with Crippen molar-refractivity contribution in [3.8, 4) is 0 Å². The van der Waals surface area contributed by atoms with Crippen LogP contribution in [0.25, 0.3) is 0 Å². The molecule has 12 heteroatoms. The molecule has 1 rings (SSSR count). The van der Waals surface area contributed by atoms with Crippen molar-refractivity contribution in [2.45, 2.75) is 56.2 Å². The van der Waals surface area contributed by atoms with Gasteiger partial charge in [0.05, 0.1) is 15.7 Å². The average molecular weight is 471 g/mol. The van der Waals surface area contributed by atoms with Gasteiger partial charge < -0.3 is 5.11 Å². The third kappa shape index (κ3) is 4.57. The maximum absolute atomic E-state index is 14.7. The summed E-state index contributed by atoms with van der Waals surface area (Å²) in [5, 5.41) is 9.21. The van der Waals surface area contributed by atoms with E-state index in [1.807, 2.05) is 4.72 Å². The second-order valence-electron chi connectivity index (χ2n) is 6.64. The molecule has 4 nitrogen and oxygen atoms in total. The number of halogens is 7. The van der Waals surface area contributed by atoms with Crippen molar-refractivity contribution in [1.29, 1.82) is 0 Å². The summed E-state index contributed by atoms with van der Waals surface area (Å²) in [7, 11) is -2.34. The first-order valence-electron chi connectivity index (χ1n) is 7.09.